The number of hydrogen-bond acceptors (Lipinski definition) is 2. The third kappa shape index (κ3) is 5.34. The van der Waals surface area contributed by atoms with Gasteiger partial charge in [0.1, 0.15) is 5.69 Å². The molecule has 1 amide bonds. The van der Waals surface area contributed by atoms with Crippen LogP contribution in [0.15, 0.2) is 54.7 Å². The molecule has 0 bridgehead atoms. The van der Waals surface area contributed by atoms with E-state index in [0.717, 1.165) is 6.42 Å². The number of rotatable bonds is 4. The highest BCUT2D eigenvalue weighted by atomic mass is 16.1. The van der Waals surface area contributed by atoms with Crippen LogP contribution >= 0.6 is 0 Å². The number of nitrogens with zero attached hydrogens (tertiary/aromatic N) is 1. The average Bonchev–Trinajstić information content (AvgIpc) is 2.51. The second kappa shape index (κ2) is 8.86. The van der Waals surface area contributed by atoms with E-state index in [1.165, 1.54) is 5.56 Å². The van der Waals surface area contributed by atoms with Gasteiger partial charge in [0, 0.05) is 12.7 Å². The Morgan fingerprint density at radius 2 is 1.74 bits per heavy atom. The molecule has 0 saturated carbocycles. The molecule has 0 fully saturated rings. The van der Waals surface area contributed by atoms with Gasteiger partial charge >= 0.3 is 0 Å². The Kier molecular flexibility index (Phi) is 6.95. The number of aromatic nitrogens is 1. The molecule has 1 aromatic carbocycles. The number of amides is 1. The predicted molar refractivity (Wildman–Crippen MR) is 78.1 cm³/mol. The zero-order valence-corrected chi connectivity index (χ0v) is 11.5. The second-order valence-electron chi connectivity index (χ2n) is 3.71. The molecule has 0 aliphatic rings. The molecule has 1 aromatic heterocycles. The van der Waals surface area contributed by atoms with Gasteiger partial charge in [-0.05, 0) is 24.1 Å². The van der Waals surface area contributed by atoms with E-state index in [1.807, 2.05) is 44.2 Å². The number of nitrogens with one attached hydrogen (secondary N) is 1. The van der Waals surface area contributed by atoms with Gasteiger partial charge in [0.15, 0.2) is 0 Å². The number of pyridine rings is 1. The van der Waals surface area contributed by atoms with Crippen LogP contribution in [0.5, 0.6) is 0 Å². The molecule has 3 heteroatoms. The van der Waals surface area contributed by atoms with Crippen LogP contribution in [0.25, 0.3) is 0 Å². The van der Waals surface area contributed by atoms with Gasteiger partial charge in [-0.25, -0.2) is 0 Å². The van der Waals surface area contributed by atoms with Crippen molar-refractivity contribution >= 4 is 5.91 Å². The molecule has 2 aromatic rings. The number of benzene rings is 1. The van der Waals surface area contributed by atoms with E-state index in [-0.39, 0.29) is 5.91 Å². The van der Waals surface area contributed by atoms with Crippen LogP contribution in [0.1, 0.15) is 29.9 Å². The highest BCUT2D eigenvalue weighted by Gasteiger charge is 2.04. The van der Waals surface area contributed by atoms with E-state index in [0.29, 0.717) is 12.2 Å². The summed E-state index contributed by atoms with van der Waals surface area (Å²) in [5.74, 6) is -0.124. The van der Waals surface area contributed by atoms with Crippen LogP contribution in [-0.2, 0) is 6.42 Å². The maximum atomic E-state index is 11.7. The van der Waals surface area contributed by atoms with E-state index in [2.05, 4.69) is 10.3 Å². The van der Waals surface area contributed by atoms with Gasteiger partial charge in [-0.2, -0.15) is 0 Å². The summed E-state index contributed by atoms with van der Waals surface area (Å²) in [6.07, 6.45) is 2.45. The third-order valence-electron chi connectivity index (χ3n) is 2.44. The molecule has 2 rings (SSSR count). The molecule has 19 heavy (non-hydrogen) atoms. The van der Waals surface area contributed by atoms with Crippen molar-refractivity contribution in [1.29, 1.82) is 0 Å². The number of carbonyl (C=O) groups is 1. The lowest BCUT2D eigenvalue weighted by molar-refractivity contribution is 0.0949. The Balaban J connectivity index is 0.000000861. The minimum Gasteiger partial charge on any atom is -0.350 e. The Bertz CT molecular complexity index is 469. The second-order valence-corrected chi connectivity index (χ2v) is 3.71. The van der Waals surface area contributed by atoms with Crippen molar-refractivity contribution in [2.75, 3.05) is 6.54 Å². The van der Waals surface area contributed by atoms with Crippen LogP contribution in [0, 0.1) is 0 Å². The lowest BCUT2D eigenvalue weighted by Crippen LogP contribution is -2.26. The quantitative estimate of drug-likeness (QED) is 0.913. The molecule has 0 unspecified atom stereocenters. The van der Waals surface area contributed by atoms with Gasteiger partial charge in [-0.3, -0.25) is 9.78 Å². The summed E-state index contributed by atoms with van der Waals surface area (Å²) in [4.78, 5) is 15.7. The number of carbonyl (C=O) groups excluding carboxylic acids is 1. The third-order valence-corrected chi connectivity index (χ3v) is 2.44. The summed E-state index contributed by atoms with van der Waals surface area (Å²) < 4.78 is 0. The van der Waals surface area contributed by atoms with Gasteiger partial charge in [0.05, 0.1) is 0 Å². The molecule has 0 saturated heterocycles. The van der Waals surface area contributed by atoms with E-state index >= 15 is 0 Å². The molecule has 1 heterocycles. The van der Waals surface area contributed by atoms with Crippen molar-refractivity contribution in [3.05, 3.63) is 66.0 Å². The normalized spacial score (nSPS) is 9.16. The van der Waals surface area contributed by atoms with Crippen LogP contribution in [0.3, 0.4) is 0 Å². The SMILES string of the molecule is CC.O=C(NCCc1ccccc1)c1ccccn1. The van der Waals surface area contributed by atoms with Crippen molar-refractivity contribution in [3.8, 4) is 0 Å². The first kappa shape index (κ1) is 14.9. The van der Waals surface area contributed by atoms with Gasteiger partial charge in [-0.1, -0.05) is 50.2 Å². The van der Waals surface area contributed by atoms with Crippen molar-refractivity contribution < 1.29 is 4.79 Å². The summed E-state index contributed by atoms with van der Waals surface area (Å²) in [5, 5.41) is 2.85. The van der Waals surface area contributed by atoms with Crippen LogP contribution in [0.4, 0.5) is 0 Å². The van der Waals surface area contributed by atoms with Gasteiger partial charge in [0.2, 0.25) is 0 Å². The number of hydrogen-bond donors (Lipinski definition) is 1. The minimum atomic E-state index is -0.124. The summed E-state index contributed by atoms with van der Waals surface area (Å²) in [6, 6.07) is 15.4. The van der Waals surface area contributed by atoms with Crippen LogP contribution in [-0.4, -0.2) is 17.4 Å². The summed E-state index contributed by atoms with van der Waals surface area (Å²) in [6.45, 7) is 4.62. The standard InChI is InChI=1S/C14H14N2O.C2H6/c17-14(13-8-4-5-10-15-13)16-11-9-12-6-2-1-3-7-12;1-2/h1-8,10H,9,11H2,(H,16,17);1-2H3. The van der Waals surface area contributed by atoms with E-state index in [9.17, 15) is 4.79 Å². The van der Waals surface area contributed by atoms with Crippen molar-refractivity contribution in [3.63, 3.8) is 0 Å². The first-order valence-electron chi connectivity index (χ1n) is 6.59. The molecular formula is C16H20N2O. The molecule has 0 aliphatic heterocycles. The monoisotopic (exact) mass is 256 g/mol. The first-order valence-corrected chi connectivity index (χ1v) is 6.59. The zero-order chi connectivity index (χ0) is 13.9. The fourth-order valence-electron chi connectivity index (χ4n) is 1.55. The van der Waals surface area contributed by atoms with Gasteiger partial charge in [-0.15, -0.1) is 0 Å². The summed E-state index contributed by atoms with van der Waals surface area (Å²) >= 11 is 0. The van der Waals surface area contributed by atoms with Crippen molar-refractivity contribution in [2.24, 2.45) is 0 Å². The first-order chi connectivity index (χ1) is 9.36. The Morgan fingerprint density at radius 3 is 2.37 bits per heavy atom. The maximum Gasteiger partial charge on any atom is 0.269 e. The lowest BCUT2D eigenvalue weighted by Gasteiger charge is -2.04. The highest BCUT2D eigenvalue weighted by molar-refractivity contribution is 5.92. The van der Waals surface area contributed by atoms with Crippen molar-refractivity contribution in [2.45, 2.75) is 20.3 Å². The Morgan fingerprint density at radius 1 is 1.05 bits per heavy atom. The molecule has 0 spiro atoms. The maximum absolute atomic E-state index is 11.7. The van der Waals surface area contributed by atoms with Crippen molar-refractivity contribution in [1.82, 2.24) is 10.3 Å². The molecule has 3 nitrogen and oxygen atoms in total. The molecule has 1 N–H and O–H groups in total. The van der Waals surface area contributed by atoms with E-state index < -0.39 is 0 Å². The molecular weight excluding hydrogens is 236 g/mol. The fourth-order valence-corrected chi connectivity index (χ4v) is 1.55. The summed E-state index contributed by atoms with van der Waals surface area (Å²) in [7, 11) is 0. The van der Waals surface area contributed by atoms with E-state index in [1.54, 1.807) is 24.4 Å². The molecule has 0 atom stereocenters. The largest absolute Gasteiger partial charge is 0.350 e. The van der Waals surface area contributed by atoms with E-state index in [4.69, 9.17) is 0 Å². The molecule has 0 aliphatic carbocycles. The fraction of sp³-hybridized carbons (Fsp3) is 0.250. The lowest BCUT2D eigenvalue weighted by atomic mass is 10.1. The average molecular weight is 256 g/mol. The van der Waals surface area contributed by atoms with Crippen LogP contribution in [0.2, 0.25) is 0 Å². The topological polar surface area (TPSA) is 42.0 Å². The zero-order valence-electron chi connectivity index (χ0n) is 11.5. The minimum absolute atomic E-state index is 0.124. The molecule has 0 radical (unpaired) electrons. The van der Waals surface area contributed by atoms with Crippen LogP contribution < -0.4 is 5.32 Å². The van der Waals surface area contributed by atoms with Gasteiger partial charge in [0.25, 0.3) is 5.91 Å². The predicted octanol–water partition coefficient (Wildman–Crippen LogP) is 3.08. The highest BCUT2D eigenvalue weighted by Crippen LogP contribution is 1.99. The smallest absolute Gasteiger partial charge is 0.269 e. The Hall–Kier alpha value is -2.16. The molecule has 100 valence electrons. The summed E-state index contributed by atoms with van der Waals surface area (Å²) in [5.41, 5.74) is 1.68. The van der Waals surface area contributed by atoms with Gasteiger partial charge < -0.3 is 5.32 Å². The Labute approximate surface area is 114 Å².